The van der Waals surface area contributed by atoms with E-state index in [0.29, 0.717) is 11.8 Å². The van der Waals surface area contributed by atoms with Gasteiger partial charge >= 0.3 is 6.18 Å². The quantitative estimate of drug-likeness (QED) is 0.604. The number of halogens is 3. The van der Waals surface area contributed by atoms with E-state index in [1.165, 1.54) is 17.7 Å². The Morgan fingerprint density at radius 2 is 1.90 bits per heavy atom. The minimum Gasteiger partial charge on any atom is -0.378 e. The van der Waals surface area contributed by atoms with Crippen molar-refractivity contribution >= 4 is 17.3 Å². The van der Waals surface area contributed by atoms with Gasteiger partial charge in [0.05, 0.1) is 24.4 Å². The predicted octanol–water partition coefficient (Wildman–Crippen LogP) is 4.51. The van der Waals surface area contributed by atoms with E-state index in [4.69, 9.17) is 6.57 Å². The van der Waals surface area contributed by atoms with E-state index in [2.05, 4.69) is 15.3 Å². The van der Waals surface area contributed by atoms with Gasteiger partial charge in [0, 0.05) is 17.4 Å². The zero-order valence-corrected chi connectivity index (χ0v) is 15.8. The lowest BCUT2D eigenvalue weighted by molar-refractivity contribution is -0.137. The van der Waals surface area contributed by atoms with Crippen molar-refractivity contribution in [3.63, 3.8) is 0 Å². The fraction of sp³-hybridized carbons (Fsp3) is 0.190. The standard InChI is InChI=1S/C21H17F3N4O2/c1-20(30,13-28-11-10-17(27-28)14-6-4-3-5-7-14)19(29)26-15-8-9-18(25-2)16(12-15)21(22,23)24/h3-12,30H,13H2,1H3,(H,26,29)/t20-/m0/s1. The van der Waals surface area contributed by atoms with E-state index in [0.717, 1.165) is 11.6 Å². The van der Waals surface area contributed by atoms with Crippen molar-refractivity contribution in [2.24, 2.45) is 0 Å². The number of rotatable bonds is 5. The van der Waals surface area contributed by atoms with Crippen LogP contribution < -0.4 is 5.32 Å². The van der Waals surface area contributed by atoms with Gasteiger partial charge in [-0.1, -0.05) is 36.4 Å². The average molecular weight is 414 g/mol. The maximum atomic E-state index is 13.1. The van der Waals surface area contributed by atoms with Crippen molar-refractivity contribution in [1.82, 2.24) is 9.78 Å². The highest BCUT2D eigenvalue weighted by atomic mass is 19.4. The van der Waals surface area contributed by atoms with Crippen molar-refractivity contribution in [1.29, 1.82) is 0 Å². The van der Waals surface area contributed by atoms with Crippen LogP contribution in [0.2, 0.25) is 0 Å². The molecular formula is C21H17F3N4O2. The molecule has 0 fully saturated rings. The predicted molar refractivity (Wildman–Crippen MR) is 105 cm³/mol. The van der Waals surface area contributed by atoms with Crippen molar-refractivity contribution in [3.8, 4) is 11.3 Å². The van der Waals surface area contributed by atoms with Crippen LogP contribution in [0.1, 0.15) is 12.5 Å². The molecule has 2 aromatic carbocycles. The van der Waals surface area contributed by atoms with Gasteiger partial charge in [-0.05, 0) is 25.1 Å². The number of amides is 1. The summed E-state index contributed by atoms with van der Waals surface area (Å²) in [7, 11) is 0. The van der Waals surface area contributed by atoms with Crippen LogP contribution in [-0.2, 0) is 17.5 Å². The van der Waals surface area contributed by atoms with E-state index < -0.39 is 28.9 Å². The summed E-state index contributed by atoms with van der Waals surface area (Å²) in [5, 5.41) is 17.2. The molecule has 2 N–H and O–H groups in total. The largest absolute Gasteiger partial charge is 0.407 e. The number of nitrogens with zero attached hydrogens (tertiary/aromatic N) is 3. The second kappa shape index (κ2) is 8.00. The number of benzene rings is 2. The summed E-state index contributed by atoms with van der Waals surface area (Å²) in [6.45, 7) is 7.88. The Kier molecular flexibility index (Phi) is 5.62. The van der Waals surface area contributed by atoms with Crippen LogP contribution >= 0.6 is 0 Å². The maximum Gasteiger partial charge on any atom is 0.407 e. The van der Waals surface area contributed by atoms with Crippen LogP contribution in [0.5, 0.6) is 0 Å². The Morgan fingerprint density at radius 3 is 2.53 bits per heavy atom. The number of alkyl halides is 3. The lowest BCUT2D eigenvalue weighted by Crippen LogP contribution is -2.43. The van der Waals surface area contributed by atoms with E-state index in [-0.39, 0.29) is 12.2 Å². The molecular weight excluding hydrogens is 397 g/mol. The van der Waals surface area contributed by atoms with E-state index in [1.54, 1.807) is 12.3 Å². The maximum absolute atomic E-state index is 13.1. The summed E-state index contributed by atoms with van der Waals surface area (Å²) >= 11 is 0. The lowest BCUT2D eigenvalue weighted by atomic mass is 10.1. The fourth-order valence-corrected chi connectivity index (χ4v) is 2.80. The zero-order valence-electron chi connectivity index (χ0n) is 15.8. The Bertz CT molecular complexity index is 1100. The van der Waals surface area contributed by atoms with E-state index in [9.17, 15) is 23.1 Å². The van der Waals surface area contributed by atoms with Crippen molar-refractivity contribution in [2.75, 3.05) is 5.32 Å². The summed E-state index contributed by atoms with van der Waals surface area (Å²) in [6, 6.07) is 13.8. The molecule has 1 aromatic heterocycles. The Hall–Kier alpha value is -3.64. The first kappa shape index (κ1) is 21.1. The zero-order chi connectivity index (χ0) is 21.9. The van der Waals surface area contributed by atoms with Gasteiger partial charge in [0.1, 0.15) is 0 Å². The summed E-state index contributed by atoms with van der Waals surface area (Å²) < 4.78 is 40.7. The van der Waals surface area contributed by atoms with Crippen LogP contribution in [0, 0.1) is 6.57 Å². The molecule has 0 aliphatic carbocycles. The second-order valence-electron chi connectivity index (χ2n) is 6.83. The third-order valence-corrected chi connectivity index (χ3v) is 4.35. The number of hydrogen-bond donors (Lipinski definition) is 2. The number of aliphatic hydroxyl groups is 1. The smallest absolute Gasteiger partial charge is 0.378 e. The van der Waals surface area contributed by atoms with Crippen LogP contribution in [0.15, 0.2) is 60.8 Å². The average Bonchev–Trinajstić information content (AvgIpc) is 3.15. The normalized spacial score (nSPS) is 13.3. The van der Waals surface area contributed by atoms with Gasteiger partial charge in [-0.15, -0.1) is 0 Å². The first-order valence-electron chi connectivity index (χ1n) is 8.81. The first-order chi connectivity index (χ1) is 14.1. The molecule has 0 saturated heterocycles. The highest BCUT2D eigenvalue weighted by Crippen LogP contribution is 2.38. The monoisotopic (exact) mass is 414 g/mol. The Morgan fingerprint density at radius 1 is 1.20 bits per heavy atom. The minimum absolute atomic E-state index is 0.176. The first-order valence-corrected chi connectivity index (χ1v) is 8.81. The summed E-state index contributed by atoms with van der Waals surface area (Å²) in [5.41, 5.74) is -2.34. The third-order valence-electron chi connectivity index (χ3n) is 4.35. The molecule has 3 aromatic rings. The molecule has 1 amide bonds. The van der Waals surface area contributed by atoms with Crippen molar-refractivity contribution < 1.29 is 23.1 Å². The highest BCUT2D eigenvalue weighted by Gasteiger charge is 2.35. The minimum atomic E-state index is -4.74. The van der Waals surface area contributed by atoms with E-state index in [1.807, 2.05) is 30.3 Å². The SMILES string of the molecule is [C-]#[N+]c1ccc(NC(=O)[C@@](C)(O)Cn2ccc(-c3ccccc3)n2)cc1C(F)(F)F. The van der Waals surface area contributed by atoms with Crippen LogP contribution in [0.3, 0.4) is 0 Å². The molecule has 6 nitrogen and oxygen atoms in total. The van der Waals surface area contributed by atoms with Gasteiger partial charge in [0.15, 0.2) is 11.3 Å². The lowest BCUT2D eigenvalue weighted by Gasteiger charge is -2.22. The molecule has 154 valence electrons. The number of carbonyl (C=O) groups is 1. The molecule has 0 unspecified atom stereocenters. The molecule has 0 aliphatic heterocycles. The van der Waals surface area contributed by atoms with Gasteiger partial charge in [-0.3, -0.25) is 9.48 Å². The van der Waals surface area contributed by atoms with Crippen molar-refractivity contribution in [3.05, 3.63) is 77.8 Å². The number of anilines is 1. The molecule has 9 heteroatoms. The summed E-state index contributed by atoms with van der Waals surface area (Å²) in [5.74, 6) is -0.900. The fourth-order valence-electron chi connectivity index (χ4n) is 2.80. The third kappa shape index (κ3) is 4.67. The van der Waals surface area contributed by atoms with Gasteiger partial charge in [-0.2, -0.15) is 18.3 Å². The molecule has 0 bridgehead atoms. The summed E-state index contributed by atoms with van der Waals surface area (Å²) in [6.07, 6.45) is -3.15. The van der Waals surface area contributed by atoms with Crippen LogP contribution in [0.4, 0.5) is 24.5 Å². The Labute approximate surface area is 170 Å². The second-order valence-corrected chi connectivity index (χ2v) is 6.83. The Balaban J connectivity index is 1.75. The molecule has 3 rings (SSSR count). The topological polar surface area (TPSA) is 71.5 Å². The number of nitrogens with one attached hydrogen (secondary N) is 1. The highest BCUT2D eigenvalue weighted by molar-refractivity contribution is 5.97. The number of hydrogen-bond acceptors (Lipinski definition) is 3. The molecule has 1 heterocycles. The van der Waals surface area contributed by atoms with Crippen LogP contribution in [-0.4, -0.2) is 26.4 Å². The van der Waals surface area contributed by atoms with Gasteiger partial charge in [0.2, 0.25) is 0 Å². The van der Waals surface area contributed by atoms with E-state index >= 15 is 0 Å². The van der Waals surface area contributed by atoms with Crippen molar-refractivity contribution in [2.45, 2.75) is 25.2 Å². The molecule has 0 saturated carbocycles. The molecule has 30 heavy (non-hydrogen) atoms. The molecule has 1 atom stereocenters. The number of carbonyl (C=O) groups excluding carboxylic acids is 1. The van der Waals surface area contributed by atoms with Gasteiger partial charge < -0.3 is 10.4 Å². The van der Waals surface area contributed by atoms with Gasteiger partial charge in [0.25, 0.3) is 5.91 Å². The molecule has 0 radical (unpaired) electrons. The van der Waals surface area contributed by atoms with Crippen LogP contribution in [0.25, 0.3) is 16.1 Å². The number of aromatic nitrogens is 2. The van der Waals surface area contributed by atoms with Gasteiger partial charge in [-0.25, -0.2) is 4.85 Å². The summed E-state index contributed by atoms with van der Waals surface area (Å²) in [4.78, 5) is 15.3. The molecule has 0 spiro atoms. The molecule has 0 aliphatic rings.